The van der Waals surface area contributed by atoms with Gasteiger partial charge in [-0.15, -0.1) is 0 Å². The Morgan fingerprint density at radius 3 is 2.33 bits per heavy atom. The van der Waals surface area contributed by atoms with E-state index in [1.807, 2.05) is 44.2 Å². The van der Waals surface area contributed by atoms with Crippen LogP contribution >= 0.6 is 0 Å². The number of rotatable bonds is 5. The summed E-state index contributed by atoms with van der Waals surface area (Å²) in [6, 6.07) is 9.88. The lowest BCUT2D eigenvalue weighted by Crippen LogP contribution is -2.13. The Bertz CT molecular complexity index is 304. The Kier molecular flexibility index (Phi) is 4.50. The van der Waals surface area contributed by atoms with Crippen molar-refractivity contribution in [2.24, 2.45) is 0 Å². The van der Waals surface area contributed by atoms with Gasteiger partial charge in [-0.3, -0.25) is 4.79 Å². The van der Waals surface area contributed by atoms with Gasteiger partial charge in [-0.25, -0.2) is 0 Å². The molecule has 1 rings (SSSR count). The molecule has 0 aliphatic carbocycles. The molecule has 0 N–H and O–H groups in total. The maximum Gasteiger partial charge on any atom is 0.132 e. The Labute approximate surface area is 91.3 Å². The molecule has 0 radical (unpaired) electrons. The highest BCUT2D eigenvalue weighted by Crippen LogP contribution is 2.22. The first-order valence-corrected chi connectivity index (χ1v) is 5.29. The number of ketones is 1. The molecule has 2 heteroatoms. The van der Waals surface area contributed by atoms with Crippen LogP contribution in [-0.4, -0.2) is 11.9 Å². The molecule has 0 spiro atoms. The molecular formula is C13H18O2. The highest BCUT2D eigenvalue weighted by atomic mass is 16.5. The molecule has 0 aliphatic rings. The molecule has 1 aromatic rings. The quantitative estimate of drug-likeness (QED) is 0.739. The van der Waals surface area contributed by atoms with Gasteiger partial charge in [0.25, 0.3) is 0 Å². The zero-order valence-electron chi connectivity index (χ0n) is 9.57. The lowest BCUT2D eigenvalue weighted by Gasteiger charge is -2.19. The van der Waals surface area contributed by atoms with Crippen LogP contribution in [0.4, 0.5) is 0 Å². The third-order valence-electron chi connectivity index (χ3n) is 2.08. The summed E-state index contributed by atoms with van der Waals surface area (Å²) in [5.74, 6) is 0.157. The second-order valence-corrected chi connectivity index (χ2v) is 3.99. The van der Waals surface area contributed by atoms with E-state index in [4.69, 9.17) is 4.74 Å². The molecule has 0 aliphatic heterocycles. The number of carbonyl (C=O) groups is 1. The number of hydrogen-bond donors (Lipinski definition) is 0. The maximum atomic E-state index is 11.1. The smallest absolute Gasteiger partial charge is 0.132 e. The minimum atomic E-state index is -0.108. The summed E-state index contributed by atoms with van der Waals surface area (Å²) in [4.78, 5) is 11.1. The average molecular weight is 206 g/mol. The Morgan fingerprint density at radius 2 is 1.87 bits per heavy atom. The summed E-state index contributed by atoms with van der Waals surface area (Å²) in [5, 5.41) is 0. The van der Waals surface area contributed by atoms with E-state index in [0.29, 0.717) is 6.42 Å². The highest BCUT2D eigenvalue weighted by molar-refractivity contribution is 5.76. The predicted molar refractivity (Wildman–Crippen MR) is 60.7 cm³/mol. The van der Waals surface area contributed by atoms with Gasteiger partial charge in [0.05, 0.1) is 12.2 Å². The van der Waals surface area contributed by atoms with Crippen molar-refractivity contribution in [3.63, 3.8) is 0 Å². The SMILES string of the molecule is CC(=O)CC(OC(C)C)c1ccccc1. The molecule has 0 amide bonds. The molecule has 0 saturated carbocycles. The summed E-state index contributed by atoms with van der Waals surface area (Å²) in [7, 11) is 0. The normalized spacial score (nSPS) is 12.8. The second-order valence-electron chi connectivity index (χ2n) is 3.99. The largest absolute Gasteiger partial charge is 0.370 e. The number of ether oxygens (including phenoxy) is 1. The first-order valence-electron chi connectivity index (χ1n) is 5.29. The average Bonchev–Trinajstić information content (AvgIpc) is 2.17. The van der Waals surface area contributed by atoms with Crippen molar-refractivity contribution < 1.29 is 9.53 Å². The third kappa shape index (κ3) is 4.26. The topological polar surface area (TPSA) is 26.3 Å². The summed E-state index contributed by atoms with van der Waals surface area (Å²) >= 11 is 0. The van der Waals surface area contributed by atoms with Gasteiger partial charge in [-0.2, -0.15) is 0 Å². The Morgan fingerprint density at radius 1 is 1.27 bits per heavy atom. The number of carbonyl (C=O) groups excluding carboxylic acids is 1. The van der Waals surface area contributed by atoms with Crippen molar-refractivity contribution in [3.8, 4) is 0 Å². The summed E-state index contributed by atoms with van der Waals surface area (Å²) in [6.45, 7) is 5.56. The van der Waals surface area contributed by atoms with Crippen molar-refractivity contribution in [2.45, 2.75) is 39.4 Å². The lowest BCUT2D eigenvalue weighted by molar-refractivity contribution is -0.120. The van der Waals surface area contributed by atoms with E-state index in [0.717, 1.165) is 5.56 Å². The van der Waals surface area contributed by atoms with Crippen LogP contribution in [0.5, 0.6) is 0 Å². The lowest BCUT2D eigenvalue weighted by atomic mass is 10.0. The summed E-state index contributed by atoms with van der Waals surface area (Å²) in [6.07, 6.45) is 0.473. The van der Waals surface area contributed by atoms with Crippen molar-refractivity contribution in [3.05, 3.63) is 35.9 Å². The fraction of sp³-hybridized carbons (Fsp3) is 0.462. The van der Waals surface area contributed by atoms with E-state index in [1.54, 1.807) is 6.92 Å². The van der Waals surface area contributed by atoms with Gasteiger partial charge in [0.15, 0.2) is 0 Å². The van der Waals surface area contributed by atoms with E-state index in [9.17, 15) is 4.79 Å². The second kappa shape index (κ2) is 5.66. The monoisotopic (exact) mass is 206 g/mol. The molecule has 1 unspecified atom stereocenters. The summed E-state index contributed by atoms with van der Waals surface area (Å²) < 4.78 is 5.73. The first kappa shape index (κ1) is 11.9. The fourth-order valence-corrected chi connectivity index (χ4v) is 1.50. The van der Waals surface area contributed by atoms with Crippen molar-refractivity contribution in [2.75, 3.05) is 0 Å². The van der Waals surface area contributed by atoms with Crippen LogP contribution in [0.15, 0.2) is 30.3 Å². The number of hydrogen-bond acceptors (Lipinski definition) is 2. The molecule has 0 saturated heterocycles. The van der Waals surface area contributed by atoms with Crippen molar-refractivity contribution in [1.29, 1.82) is 0 Å². The molecular weight excluding hydrogens is 188 g/mol. The van der Waals surface area contributed by atoms with Gasteiger partial charge in [0, 0.05) is 6.42 Å². The standard InChI is InChI=1S/C13H18O2/c1-10(2)15-13(9-11(3)14)12-7-5-4-6-8-12/h4-8,10,13H,9H2,1-3H3. The van der Waals surface area contributed by atoms with Gasteiger partial charge in [0.1, 0.15) is 5.78 Å². The van der Waals surface area contributed by atoms with E-state index < -0.39 is 0 Å². The Hall–Kier alpha value is -1.15. The molecule has 0 bridgehead atoms. The zero-order chi connectivity index (χ0) is 11.3. The fourth-order valence-electron chi connectivity index (χ4n) is 1.50. The number of Topliss-reactive ketones (excluding diaryl/α,β-unsaturated/α-hetero) is 1. The van der Waals surface area contributed by atoms with Crippen LogP contribution in [0.3, 0.4) is 0 Å². The minimum Gasteiger partial charge on any atom is -0.370 e. The molecule has 0 heterocycles. The third-order valence-corrected chi connectivity index (χ3v) is 2.08. The van der Waals surface area contributed by atoms with Gasteiger partial charge in [0.2, 0.25) is 0 Å². The van der Waals surface area contributed by atoms with E-state index in [1.165, 1.54) is 0 Å². The van der Waals surface area contributed by atoms with Crippen LogP contribution in [0, 0.1) is 0 Å². The summed E-state index contributed by atoms with van der Waals surface area (Å²) in [5.41, 5.74) is 1.07. The van der Waals surface area contributed by atoms with Crippen LogP contribution in [-0.2, 0) is 9.53 Å². The van der Waals surface area contributed by atoms with Crippen LogP contribution in [0.25, 0.3) is 0 Å². The van der Waals surface area contributed by atoms with Crippen LogP contribution < -0.4 is 0 Å². The van der Waals surface area contributed by atoms with Gasteiger partial charge in [-0.05, 0) is 26.3 Å². The predicted octanol–water partition coefficient (Wildman–Crippen LogP) is 3.13. The number of benzene rings is 1. The van der Waals surface area contributed by atoms with Crippen molar-refractivity contribution >= 4 is 5.78 Å². The molecule has 1 atom stereocenters. The van der Waals surface area contributed by atoms with Crippen LogP contribution in [0.1, 0.15) is 38.9 Å². The first-order chi connectivity index (χ1) is 7.09. The molecule has 0 fully saturated rings. The minimum absolute atomic E-state index is 0.108. The van der Waals surface area contributed by atoms with Crippen LogP contribution in [0.2, 0.25) is 0 Å². The Balaban J connectivity index is 2.76. The molecule has 1 aromatic carbocycles. The van der Waals surface area contributed by atoms with E-state index >= 15 is 0 Å². The van der Waals surface area contributed by atoms with Gasteiger partial charge in [-0.1, -0.05) is 30.3 Å². The maximum absolute atomic E-state index is 11.1. The van der Waals surface area contributed by atoms with E-state index in [-0.39, 0.29) is 18.0 Å². The molecule has 2 nitrogen and oxygen atoms in total. The molecule has 0 aromatic heterocycles. The van der Waals surface area contributed by atoms with Gasteiger partial charge >= 0.3 is 0 Å². The molecule has 15 heavy (non-hydrogen) atoms. The van der Waals surface area contributed by atoms with Crippen molar-refractivity contribution in [1.82, 2.24) is 0 Å². The van der Waals surface area contributed by atoms with E-state index in [2.05, 4.69) is 0 Å². The highest BCUT2D eigenvalue weighted by Gasteiger charge is 2.15. The molecule has 82 valence electrons. The zero-order valence-corrected chi connectivity index (χ0v) is 9.57. The van der Waals surface area contributed by atoms with Gasteiger partial charge < -0.3 is 4.74 Å².